The summed E-state index contributed by atoms with van der Waals surface area (Å²) in [5, 5.41) is 0. The molecular weight excluding hydrogens is 164 g/mol. The normalized spacial score (nSPS) is 33.5. The second kappa shape index (κ2) is 3.26. The lowest BCUT2D eigenvalue weighted by Gasteiger charge is -2.49. The monoisotopic (exact) mass is 179 g/mol. The molecule has 12 heavy (non-hydrogen) atoms. The van der Waals surface area contributed by atoms with Gasteiger partial charge >= 0.3 is 0 Å². The van der Waals surface area contributed by atoms with E-state index < -0.39 is 13.0 Å². The van der Waals surface area contributed by atoms with Gasteiger partial charge in [-0.3, -0.25) is 0 Å². The first kappa shape index (κ1) is 9.86. The van der Waals surface area contributed by atoms with Crippen molar-refractivity contribution in [1.82, 2.24) is 0 Å². The third-order valence-corrected chi connectivity index (χ3v) is 2.68. The van der Waals surface area contributed by atoms with Gasteiger partial charge in [0.25, 0.3) is 6.43 Å². The highest BCUT2D eigenvalue weighted by atomic mass is 19.3. The molecule has 0 heterocycles. The third-order valence-electron chi connectivity index (χ3n) is 2.68. The lowest BCUT2D eigenvalue weighted by Crippen LogP contribution is -2.59. The quantitative estimate of drug-likeness (QED) is 0.710. The molecule has 0 spiro atoms. The average Bonchev–Trinajstić information content (AvgIpc) is 1.97. The maximum Gasteiger partial charge on any atom is 0.261 e. The van der Waals surface area contributed by atoms with Crippen molar-refractivity contribution in [1.29, 1.82) is 0 Å². The topological polar surface area (TPSA) is 35.2 Å². The van der Waals surface area contributed by atoms with Crippen LogP contribution < -0.4 is 5.73 Å². The summed E-state index contributed by atoms with van der Waals surface area (Å²) < 4.78 is 28.5. The van der Waals surface area contributed by atoms with E-state index in [0.29, 0.717) is 6.42 Å². The van der Waals surface area contributed by atoms with E-state index in [9.17, 15) is 8.78 Å². The molecule has 4 heteroatoms. The summed E-state index contributed by atoms with van der Waals surface area (Å²) in [6, 6.07) is 0.0835. The Morgan fingerprint density at radius 1 is 1.58 bits per heavy atom. The number of rotatable bonds is 3. The van der Waals surface area contributed by atoms with Crippen molar-refractivity contribution in [2.45, 2.75) is 38.8 Å². The first-order valence-electron chi connectivity index (χ1n) is 4.10. The van der Waals surface area contributed by atoms with E-state index in [0.717, 1.165) is 0 Å². The number of hydrogen-bond acceptors (Lipinski definition) is 2. The van der Waals surface area contributed by atoms with Gasteiger partial charge in [0, 0.05) is 11.5 Å². The fourth-order valence-electron chi connectivity index (χ4n) is 1.39. The maximum absolute atomic E-state index is 11.7. The third kappa shape index (κ3) is 1.75. The van der Waals surface area contributed by atoms with E-state index in [4.69, 9.17) is 10.5 Å². The number of halogens is 2. The number of nitrogens with two attached hydrogens (primary N) is 1. The molecule has 72 valence electrons. The molecular formula is C8H15F2NO. The van der Waals surface area contributed by atoms with Gasteiger partial charge in [0.15, 0.2) is 0 Å². The molecule has 1 fully saturated rings. The lowest BCUT2D eigenvalue weighted by atomic mass is 9.65. The number of hydrogen-bond donors (Lipinski definition) is 1. The highest BCUT2D eigenvalue weighted by Gasteiger charge is 2.47. The van der Waals surface area contributed by atoms with Crippen LogP contribution in [0, 0.1) is 5.41 Å². The van der Waals surface area contributed by atoms with E-state index >= 15 is 0 Å². The average molecular weight is 179 g/mol. The minimum atomic E-state index is -2.38. The molecule has 0 aromatic carbocycles. The molecule has 2 unspecified atom stereocenters. The molecule has 2 atom stereocenters. The van der Waals surface area contributed by atoms with Gasteiger partial charge in [-0.2, -0.15) is 0 Å². The fraction of sp³-hybridized carbons (Fsp3) is 1.00. The number of alkyl halides is 2. The van der Waals surface area contributed by atoms with E-state index in [1.807, 2.05) is 13.8 Å². The smallest absolute Gasteiger partial charge is 0.261 e. The van der Waals surface area contributed by atoms with Crippen LogP contribution in [-0.2, 0) is 4.74 Å². The number of ether oxygens (including phenoxy) is 1. The SMILES string of the molecule is CC1(C)C(N)CC1OCC(F)F. The first-order chi connectivity index (χ1) is 5.44. The van der Waals surface area contributed by atoms with Crippen molar-refractivity contribution in [2.75, 3.05) is 6.61 Å². The van der Waals surface area contributed by atoms with Gasteiger partial charge in [-0.05, 0) is 6.42 Å². The van der Waals surface area contributed by atoms with Crippen LogP contribution in [0.4, 0.5) is 8.78 Å². The Morgan fingerprint density at radius 3 is 2.50 bits per heavy atom. The highest BCUT2D eigenvalue weighted by molar-refractivity contribution is 5.00. The molecule has 0 amide bonds. The lowest BCUT2D eigenvalue weighted by molar-refractivity contribution is -0.131. The molecule has 1 saturated carbocycles. The van der Waals surface area contributed by atoms with Gasteiger partial charge in [0.05, 0.1) is 6.10 Å². The van der Waals surface area contributed by atoms with Gasteiger partial charge in [-0.15, -0.1) is 0 Å². The maximum atomic E-state index is 11.7. The first-order valence-corrected chi connectivity index (χ1v) is 4.10. The van der Waals surface area contributed by atoms with Crippen LogP contribution >= 0.6 is 0 Å². The minimum absolute atomic E-state index is 0.0835. The molecule has 2 nitrogen and oxygen atoms in total. The van der Waals surface area contributed by atoms with E-state index in [1.54, 1.807) is 0 Å². The zero-order chi connectivity index (χ0) is 9.35. The summed E-state index contributed by atoms with van der Waals surface area (Å²) >= 11 is 0. The predicted molar refractivity (Wildman–Crippen MR) is 42.1 cm³/mol. The van der Waals surface area contributed by atoms with Crippen molar-refractivity contribution in [3.8, 4) is 0 Å². The standard InChI is InChI=1S/C8H15F2NO/c1-8(2)5(11)3-6(8)12-4-7(9)10/h5-7H,3-4,11H2,1-2H3. The Bertz CT molecular complexity index is 161. The zero-order valence-electron chi connectivity index (χ0n) is 7.39. The van der Waals surface area contributed by atoms with Crippen LogP contribution in [-0.4, -0.2) is 25.2 Å². The second-order valence-corrected chi connectivity index (χ2v) is 3.88. The summed E-state index contributed by atoms with van der Waals surface area (Å²) in [5.74, 6) is 0. The van der Waals surface area contributed by atoms with E-state index in [-0.39, 0.29) is 17.6 Å². The van der Waals surface area contributed by atoms with Crippen molar-refractivity contribution in [3.63, 3.8) is 0 Å². The summed E-state index contributed by atoms with van der Waals surface area (Å²) in [4.78, 5) is 0. The van der Waals surface area contributed by atoms with Gasteiger partial charge in [-0.25, -0.2) is 8.78 Å². The van der Waals surface area contributed by atoms with Crippen molar-refractivity contribution >= 4 is 0 Å². The predicted octanol–water partition coefficient (Wildman–Crippen LogP) is 1.39. The summed E-state index contributed by atoms with van der Waals surface area (Å²) in [7, 11) is 0. The van der Waals surface area contributed by atoms with E-state index in [2.05, 4.69) is 0 Å². The van der Waals surface area contributed by atoms with Crippen LogP contribution in [0.1, 0.15) is 20.3 Å². The Labute approximate surface area is 71.1 Å². The minimum Gasteiger partial charge on any atom is -0.372 e. The zero-order valence-corrected chi connectivity index (χ0v) is 7.39. The Balaban J connectivity index is 2.28. The second-order valence-electron chi connectivity index (χ2n) is 3.88. The van der Waals surface area contributed by atoms with Crippen LogP contribution in [0.15, 0.2) is 0 Å². The molecule has 0 radical (unpaired) electrons. The van der Waals surface area contributed by atoms with Gasteiger partial charge in [-0.1, -0.05) is 13.8 Å². The van der Waals surface area contributed by atoms with Crippen LogP contribution in [0.5, 0.6) is 0 Å². The summed E-state index contributed by atoms with van der Waals surface area (Å²) in [6.07, 6.45) is -1.78. The Kier molecular flexibility index (Phi) is 2.68. The van der Waals surface area contributed by atoms with Crippen molar-refractivity contribution < 1.29 is 13.5 Å². The fourth-order valence-corrected chi connectivity index (χ4v) is 1.39. The Hall–Kier alpha value is -0.220. The van der Waals surface area contributed by atoms with E-state index in [1.165, 1.54) is 0 Å². The van der Waals surface area contributed by atoms with Gasteiger partial charge < -0.3 is 10.5 Å². The molecule has 0 saturated heterocycles. The van der Waals surface area contributed by atoms with Crippen LogP contribution in [0.2, 0.25) is 0 Å². The molecule has 0 aliphatic heterocycles. The highest BCUT2D eigenvalue weighted by Crippen LogP contribution is 2.41. The molecule has 0 aromatic heterocycles. The van der Waals surface area contributed by atoms with Crippen molar-refractivity contribution in [2.24, 2.45) is 11.1 Å². The summed E-state index contributed by atoms with van der Waals surface area (Å²) in [6.45, 7) is 3.41. The van der Waals surface area contributed by atoms with Crippen LogP contribution in [0.3, 0.4) is 0 Å². The van der Waals surface area contributed by atoms with Crippen molar-refractivity contribution in [3.05, 3.63) is 0 Å². The molecule has 1 aliphatic carbocycles. The van der Waals surface area contributed by atoms with Gasteiger partial charge in [0.2, 0.25) is 0 Å². The molecule has 0 bridgehead atoms. The molecule has 0 aromatic rings. The largest absolute Gasteiger partial charge is 0.372 e. The molecule has 1 aliphatic rings. The molecule has 2 N–H and O–H groups in total. The van der Waals surface area contributed by atoms with Crippen LogP contribution in [0.25, 0.3) is 0 Å². The molecule has 1 rings (SSSR count). The Morgan fingerprint density at radius 2 is 2.17 bits per heavy atom. The van der Waals surface area contributed by atoms with Gasteiger partial charge in [0.1, 0.15) is 6.61 Å². The summed E-state index contributed by atoms with van der Waals surface area (Å²) in [5.41, 5.74) is 5.54.